The molecule has 0 saturated carbocycles. The van der Waals surface area contributed by atoms with Crippen molar-refractivity contribution in [3.63, 3.8) is 0 Å². The van der Waals surface area contributed by atoms with Crippen LogP contribution in [0.15, 0.2) is 71.3 Å². The van der Waals surface area contributed by atoms with Gasteiger partial charge in [0.25, 0.3) is 0 Å². The van der Waals surface area contributed by atoms with Crippen molar-refractivity contribution in [1.82, 2.24) is 14.5 Å². The third-order valence-corrected chi connectivity index (χ3v) is 6.15. The van der Waals surface area contributed by atoms with E-state index in [9.17, 15) is 0 Å². The summed E-state index contributed by atoms with van der Waals surface area (Å²) in [4.78, 5) is 11.5. The lowest BCUT2D eigenvalue weighted by Gasteiger charge is -2.11. The van der Waals surface area contributed by atoms with E-state index in [2.05, 4.69) is 74.6 Å². The van der Waals surface area contributed by atoms with Crippen molar-refractivity contribution in [3.05, 3.63) is 71.7 Å². The summed E-state index contributed by atoms with van der Waals surface area (Å²) in [5, 5.41) is 7.59. The van der Waals surface area contributed by atoms with Gasteiger partial charge in [0.15, 0.2) is 0 Å². The van der Waals surface area contributed by atoms with Crippen LogP contribution in [0.1, 0.15) is 5.56 Å². The number of hydrogen-bond donors (Lipinski definition) is 1. The first kappa shape index (κ1) is 19.3. The number of anilines is 2. The lowest BCUT2D eigenvalue weighted by atomic mass is 10.1. The number of benzene rings is 2. The predicted octanol–water partition coefficient (Wildman–Crippen LogP) is 5.36. The van der Waals surface area contributed by atoms with Gasteiger partial charge in [0, 0.05) is 49.5 Å². The number of nitrogens with one attached hydrogen (secondary N) is 1. The normalized spacial score (nSPS) is 11.6. The second-order valence-electron chi connectivity index (χ2n) is 7.56. The van der Waals surface area contributed by atoms with Gasteiger partial charge in [0.1, 0.15) is 0 Å². The molecule has 0 unspecified atom stereocenters. The Morgan fingerprint density at radius 3 is 2.65 bits per heavy atom. The van der Waals surface area contributed by atoms with Crippen molar-refractivity contribution >= 4 is 50.3 Å². The summed E-state index contributed by atoms with van der Waals surface area (Å²) >= 11 is 1.66. The monoisotopic (exact) mass is 426 g/mol. The first-order chi connectivity index (χ1) is 15.1. The molecule has 7 heteroatoms. The van der Waals surface area contributed by atoms with Crippen LogP contribution in [0.3, 0.4) is 0 Å². The molecular weight excluding hydrogens is 404 g/mol. The molecule has 0 aliphatic carbocycles. The largest absolute Gasteiger partial charge is 0.378 e. The Labute approximate surface area is 184 Å². The number of hydrazone groups is 1. The zero-order valence-corrected chi connectivity index (χ0v) is 18.4. The first-order valence-electron chi connectivity index (χ1n) is 9.96. The highest BCUT2D eigenvalue weighted by Gasteiger charge is 2.15. The molecule has 3 aromatic heterocycles. The molecule has 0 radical (unpaired) electrons. The van der Waals surface area contributed by atoms with Crippen molar-refractivity contribution < 1.29 is 0 Å². The number of rotatable bonds is 5. The summed E-state index contributed by atoms with van der Waals surface area (Å²) in [5.74, 6) is 0.481. The van der Waals surface area contributed by atoms with Crippen LogP contribution in [0.4, 0.5) is 11.6 Å². The van der Waals surface area contributed by atoms with Crippen LogP contribution in [0, 0.1) is 0 Å². The first-order valence-corrected chi connectivity index (χ1v) is 10.8. The fourth-order valence-electron chi connectivity index (χ4n) is 3.65. The molecule has 0 aliphatic heterocycles. The van der Waals surface area contributed by atoms with E-state index >= 15 is 0 Å². The molecule has 3 heterocycles. The molecular formula is C24H22N6S. The highest BCUT2D eigenvalue weighted by atomic mass is 32.1. The molecule has 1 N–H and O–H groups in total. The van der Waals surface area contributed by atoms with Crippen LogP contribution in [0.2, 0.25) is 0 Å². The summed E-state index contributed by atoms with van der Waals surface area (Å²) in [6.07, 6.45) is 3.91. The Morgan fingerprint density at radius 1 is 1.03 bits per heavy atom. The molecule has 5 rings (SSSR count). The number of hydrogen-bond acceptors (Lipinski definition) is 6. The van der Waals surface area contributed by atoms with E-state index in [0.717, 1.165) is 32.7 Å². The number of aryl methyl sites for hydroxylation is 1. The third kappa shape index (κ3) is 3.64. The SMILES string of the molecule is CN(C)c1ccc(/C=N/Nc2nc(-c3cn(C)c4ccccc34)c3sccc3n2)cc1. The van der Waals surface area contributed by atoms with Crippen LogP contribution >= 0.6 is 11.3 Å². The van der Waals surface area contributed by atoms with Gasteiger partial charge in [-0.05, 0) is 35.2 Å². The minimum absolute atomic E-state index is 0.481. The Hall–Kier alpha value is -3.71. The highest BCUT2D eigenvalue weighted by molar-refractivity contribution is 7.17. The molecule has 0 bridgehead atoms. The second kappa shape index (κ2) is 7.85. The fourth-order valence-corrected chi connectivity index (χ4v) is 4.48. The zero-order chi connectivity index (χ0) is 21.4. The fraction of sp³-hybridized carbons (Fsp3) is 0.125. The van der Waals surface area contributed by atoms with Crippen molar-refractivity contribution in [1.29, 1.82) is 0 Å². The summed E-state index contributed by atoms with van der Waals surface area (Å²) in [5.41, 5.74) is 9.27. The van der Waals surface area contributed by atoms with Crippen molar-refractivity contribution in [2.45, 2.75) is 0 Å². The molecule has 0 spiro atoms. The molecule has 31 heavy (non-hydrogen) atoms. The van der Waals surface area contributed by atoms with Gasteiger partial charge < -0.3 is 9.47 Å². The van der Waals surface area contributed by atoms with E-state index in [1.54, 1.807) is 17.6 Å². The topological polar surface area (TPSA) is 58.3 Å². The van der Waals surface area contributed by atoms with Gasteiger partial charge in [-0.3, -0.25) is 0 Å². The van der Waals surface area contributed by atoms with E-state index in [4.69, 9.17) is 4.98 Å². The standard InChI is InChI=1S/C24H22N6S/c1-29(2)17-10-8-16(9-11-17)14-25-28-24-26-20-12-13-31-23(20)22(27-24)19-15-30(3)21-7-5-4-6-18(19)21/h4-15H,1-3H3,(H,26,27,28)/b25-14+. The molecule has 0 saturated heterocycles. The number of nitrogens with zero attached hydrogens (tertiary/aromatic N) is 5. The second-order valence-corrected chi connectivity index (χ2v) is 8.47. The zero-order valence-electron chi connectivity index (χ0n) is 17.6. The van der Waals surface area contributed by atoms with Crippen LogP contribution in [-0.4, -0.2) is 34.8 Å². The van der Waals surface area contributed by atoms with Crippen LogP contribution in [0.25, 0.3) is 32.4 Å². The van der Waals surface area contributed by atoms with Gasteiger partial charge in [-0.1, -0.05) is 30.3 Å². The van der Waals surface area contributed by atoms with Crippen LogP contribution in [-0.2, 0) is 7.05 Å². The van der Waals surface area contributed by atoms with Crippen LogP contribution in [0.5, 0.6) is 0 Å². The number of para-hydroxylation sites is 1. The van der Waals surface area contributed by atoms with E-state index in [1.807, 2.05) is 37.7 Å². The lowest BCUT2D eigenvalue weighted by molar-refractivity contribution is 0.969. The third-order valence-electron chi connectivity index (χ3n) is 5.24. The van der Waals surface area contributed by atoms with E-state index < -0.39 is 0 Å². The maximum absolute atomic E-state index is 4.83. The number of thiophene rings is 1. The summed E-state index contributed by atoms with van der Waals surface area (Å²) in [7, 11) is 6.11. The Balaban J connectivity index is 1.49. The summed E-state index contributed by atoms with van der Waals surface area (Å²) < 4.78 is 3.21. The van der Waals surface area contributed by atoms with Crippen LogP contribution < -0.4 is 10.3 Å². The van der Waals surface area contributed by atoms with Crippen molar-refractivity contribution in [3.8, 4) is 11.3 Å². The average molecular weight is 427 g/mol. The molecule has 0 fully saturated rings. The average Bonchev–Trinajstić information content (AvgIpc) is 3.38. The van der Waals surface area contributed by atoms with Gasteiger partial charge in [0.05, 0.1) is 22.1 Å². The minimum Gasteiger partial charge on any atom is -0.378 e. The van der Waals surface area contributed by atoms with Crippen molar-refractivity contribution in [2.75, 3.05) is 24.4 Å². The lowest BCUT2D eigenvalue weighted by Crippen LogP contribution is -2.08. The minimum atomic E-state index is 0.481. The molecule has 0 atom stereocenters. The van der Waals surface area contributed by atoms with Gasteiger partial charge in [-0.25, -0.2) is 15.4 Å². The molecule has 5 aromatic rings. The van der Waals surface area contributed by atoms with Gasteiger partial charge in [-0.15, -0.1) is 11.3 Å². The molecule has 2 aromatic carbocycles. The van der Waals surface area contributed by atoms with Gasteiger partial charge >= 0.3 is 0 Å². The Bertz CT molecular complexity index is 1400. The maximum atomic E-state index is 4.83. The highest BCUT2D eigenvalue weighted by Crippen LogP contribution is 2.36. The quantitative estimate of drug-likeness (QED) is 0.304. The smallest absolute Gasteiger partial charge is 0.244 e. The van der Waals surface area contributed by atoms with E-state index in [0.29, 0.717) is 5.95 Å². The van der Waals surface area contributed by atoms with E-state index in [1.165, 1.54) is 10.9 Å². The summed E-state index contributed by atoms with van der Waals surface area (Å²) in [6.45, 7) is 0. The Kier molecular flexibility index (Phi) is 4.88. The molecule has 0 aliphatic rings. The van der Waals surface area contributed by atoms with E-state index in [-0.39, 0.29) is 0 Å². The summed E-state index contributed by atoms with van der Waals surface area (Å²) in [6, 6.07) is 18.6. The maximum Gasteiger partial charge on any atom is 0.244 e. The van der Waals surface area contributed by atoms with Crippen molar-refractivity contribution in [2.24, 2.45) is 12.1 Å². The number of fused-ring (bicyclic) bond motifs is 2. The molecule has 6 nitrogen and oxygen atoms in total. The number of aromatic nitrogens is 3. The van der Waals surface area contributed by atoms with Gasteiger partial charge in [-0.2, -0.15) is 5.10 Å². The van der Waals surface area contributed by atoms with Gasteiger partial charge in [0.2, 0.25) is 5.95 Å². The predicted molar refractivity (Wildman–Crippen MR) is 131 cm³/mol. The molecule has 0 amide bonds. The Morgan fingerprint density at radius 2 is 1.84 bits per heavy atom. The molecule has 154 valence electrons.